The highest BCUT2D eigenvalue weighted by atomic mass is 16.4. The lowest BCUT2D eigenvalue weighted by atomic mass is 10.1. The first-order chi connectivity index (χ1) is 11.6. The number of carbonyl (C=O) groups is 1. The van der Waals surface area contributed by atoms with Gasteiger partial charge in [-0.2, -0.15) is 4.98 Å². The van der Waals surface area contributed by atoms with E-state index in [0.717, 1.165) is 27.8 Å². The number of hydrogen-bond acceptors (Lipinski definition) is 4. The van der Waals surface area contributed by atoms with Gasteiger partial charge < -0.3 is 10.4 Å². The van der Waals surface area contributed by atoms with E-state index in [1.807, 2.05) is 41.8 Å². The summed E-state index contributed by atoms with van der Waals surface area (Å²) in [5.74, 6) is 0.330. The number of aliphatic carboxylic acids is 1. The highest BCUT2D eigenvalue weighted by Crippen LogP contribution is 2.20. The number of nitrogens with zero attached hydrogens (tertiary/aromatic N) is 3. The fraction of sp³-hybridized carbons (Fsp3) is 0.118. The number of aromatic amines is 1. The molecule has 0 aliphatic rings. The summed E-state index contributed by atoms with van der Waals surface area (Å²) in [4.78, 5) is 19.6. The standard InChI is InChI=1S/C17H15N5O2/c1-10-2-7-14-13(8-10)19-17-20-16(21-22(14)17)18-12-5-3-11(4-6-12)9-15(23)24/h2-8H,9H2,1H3,(H,23,24)(H2,18,19,20,21). The van der Waals surface area contributed by atoms with Gasteiger partial charge in [0.1, 0.15) is 0 Å². The second-order valence-electron chi connectivity index (χ2n) is 5.70. The highest BCUT2D eigenvalue weighted by Gasteiger charge is 2.10. The minimum Gasteiger partial charge on any atom is -0.481 e. The third kappa shape index (κ3) is 2.56. The zero-order valence-electron chi connectivity index (χ0n) is 12.9. The Hall–Kier alpha value is -3.35. The molecule has 0 radical (unpaired) electrons. The predicted molar refractivity (Wildman–Crippen MR) is 90.6 cm³/mol. The van der Waals surface area contributed by atoms with Crippen LogP contribution in [0.2, 0.25) is 0 Å². The molecule has 7 heteroatoms. The van der Waals surface area contributed by atoms with Crippen molar-refractivity contribution < 1.29 is 9.90 Å². The average Bonchev–Trinajstić information content (AvgIpc) is 3.05. The number of carboxylic acids is 1. The van der Waals surface area contributed by atoms with Gasteiger partial charge >= 0.3 is 5.97 Å². The number of carboxylic acid groups (broad SMARTS) is 1. The summed E-state index contributed by atoms with van der Waals surface area (Å²) in [7, 11) is 0. The molecule has 0 aliphatic heterocycles. The van der Waals surface area contributed by atoms with E-state index >= 15 is 0 Å². The van der Waals surface area contributed by atoms with Crippen molar-refractivity contribution in [1.29, 1.82) is 0 Å². The molecule has 7 nitrogen and oxygen atoms in total. The van der Waals surface area contributed by atoms with E-state index < -0.39 is 5.97 Å². The maximum atomic E-state index is 10.7. The molecule has 24 heavy (non-hydrogen) atoms. The number of hydrogen-bond donors (Lipinski definition) is 3. The fourth-order valence-corrected chi connectivity index (χ4v) is 2.67. The van der Waals surface area contributed by atoms with Crippen molar-refractivity contribution in [2.24, 2.45) is 0 Å². The number of imidazole rings is 1. The van der Waals surface area contributed by atoms with E-state index in [2.05, 4.69) is 20.4 Å². The smallest absolute Gasteiger partial charge is 0.307 e. The number of rotatable bonds is 4. The largest absolute Gasteiger partial charge is 0.481 e. The lowest BCUT2D eigenvalue weighted by molar-refractivity contribution is -0.136. The van der Waals surface area contributed by atoms with Crippen LogP contribution in [0.5, 0.6) is 0 Å². The first-order valence-electron chi connectivity index (χ1n) is 7.51. The Labute approximate surface area is 137 Å². The van der Waals surface area contributed by atoms with Crippen molar-refractivity contribution in [2.45, 2.75) is 13.3 Å². The first kappa shape index (κ1) is 14.3. The second kappa shape index (κ2) is 5.38. The molecule has 2 heterocycles. The van der Waals surface area contributed by atoms with Crippen molar-refractivity contribution >= 4 is 34.4 Å². The Morgan fingerprint density at radius 1 is 1.21 bits per heavy atom. The van der Waals surface area contributed by atoms with E-state index in [4.69, 9.17) is 5.11 Å². The van der Waals surface area contributed by atoms with E-state index in [-0.39, 0.29) is 6.42 Å². The molecule has 2 aromatic heterocycles. The number of nitrogens with one attached hydrogen (secondary N) is 2. The summed E-state index contributed by atoms with van der Waals surface area (Å²) in [6.45, 7) is 2.03. The molecule has 0 fully saturated rings. The summed E-state index contributed by atoms with van der Waals surface area (Å²) in [5, 5.41) is 15.1. The van der Waals surface area contributed by atoms with Crippen molar-refractivity contribution in [3.05, 3.63) is 53.6 Å². The maximum absolute atomic E-state index is 10.7. The molecule has 0 spiro atoms. The van der Waals surface area contributed by atoms with Gasteiger partial charge in [0.2, 0.25) is 5.95 Å². The monoisotopic (exact) mass is 321 g/mol. The Bertz CT molecular complexity index is 1050. The molecule has 0 bridgehead atoms. The molecule has 0 unspecified atom stereocenters. The molecule has 4 aromatic rings. The maximum Gasteiger partial charge on any atom is 0.307 e. The summed E-state index contributed by atoms with van der Waals surface area (Å²) in [6, 6.07) is 13.3. The molecule has 2 aromatic carbocycles. The van der Waals surface area contributed by atoms with Gasteiger partial charge in [0.25, 0.3) is 5.78 Å². The third-order valence-electron chi connectivity index (χ3n) is 3.79. The first-order valence-corrected chi connectivity index (χ1v) is 7.51. The predicted octanol–water partition coefficient (Wildman–Crippen LogP) is 2.89. The second-order valence-corrected chi connectivity index (χ2v) is 5.70. The van der Waals surface area contributed by atoms with Crippen LogP contribution >= 0.6 is 0 Å². The van der Waals surface area contributed by atoms with E-state index in [1.165, 1.54) is 0 Å². The molecule has 3 N–H and O–H groups in total. The summed E-state index contributed by atoms with van der Waals surface area (Å²) >= 11 is 0. The number of anilines is 2. The number of H-pyrrole nitrogens is 1. The van der Waals surface area contributed by atoms with Crippen LogP contribution < -0.4 is 5.32 Å². The van der Waals surface area contributed by atoms with Gasteiger partial charge in [-0.05, 0) is 42.3 Å². The quantitative estimate of drug-likeness (QED) is 0.537. The van der Waals surface area contributed by atoms with Crippen LogP contribution in [0, 0.1) is 6.92 Å². The van der Waals surface area contributed by atoms with Crippen molar-refractivity contribution in [2.75, 3.05) is 5.32 Å². The van der Waals surface area contributed by atoms with Crippen LogP contribution in [0.25, 0.3) is 16.8 Å². The molecule has 0 atom stereocenters. The lowest BCUT2D eigenvalue weighted by Gasteiger charge is -2.03. The molecule has 0 saturated heterocycles. The van der Waals surface area contributed by atoms with Gasteiger partial charge in [-0.1, -0.05) is 18.2 Å². The average molecular weight is 321 g/mol. The molecule has 120 valence electrons. The van der Waals surface area contributed by atoms with Gasteiger partial charge in [0, 0.05) is 5.69 Å². The summed E-state index contributed by atoms with van der Waals surface area (Å²) < 4.78 is 1.83. The van der Waals surface area contributed by atoms with Crippen LogP contribution in [0.15, 0.2) is 42.5 Å². The Kier molecular flexibility index (Phi) is 3.19. The fourth-order valence-electron chi connectivity index (χ4n) is 2.67. The van der Waals surface area contributed by atoms with Crippen LogP contribution in [-0.4, -0.2) is 30.7 Å². The molecule has 4 rings (SSSR count). The molecule has 0 saturated carbocycles. The van der Waals surface area contributed by atoms with Gasteiger partial charge in [-0.15, -0.1) is 0 Å². The SMILES string of the molecule is Cc1ccc2c(c1)nc1nc(Nc3ccc(CC(=O)O)cc3)[nH]n12. The van der Waals surface area contributed by atoms with Gasteiger partial charge in [0.05, 0.1) is 17.5 Å². The Morgan fingerprint density at radius 2 is 2.00 bits per heavy atom. The number of fused-ring (bicyclic) bond motifs is 3. The third-order valence-corrected chi connectivity index (χ3v) is 3.79. The van der Waals surface area contributed by atoms with E-state index in [0.29, 0.717) is 11.7 Å². The van der Waals surface area contributed by atoms with E-state index in [1.54, 1.807) is 12.1 Å². The zero-order valence-corrected chi connectivity index (χ0v) is 12.9. The number of aryl methyl sites for hydroxylation is 1. The van der Waals surface area contributed by atoms with Crippen molar-refractivity contribution in [3.8, 4) is 0 Å². The van der Waals surface area contributed by atoms with Crippen molar-refractivity contribution in [3.63, 3.8) is 0 Å². The highest BCUT2D eigenvalue weighted by molar-refractivity contribution is 5.80. The minimum atomic E-state index is -0.843. The number of aromatic nitrogens is 4. The van der Waals surface area contributed by atoms with Crippen molar-refractivity contribution in [1.82, 2.24) is 19.6 Å². The topological polar surface area (TPSA) is 95.3 Å². The summed E-state index contributed by atoms with van der Waals surface area (Å²) in [6.07, 6.45) is 0.0141. The summed E-state index contributed by atoms with van der Waals surface area (Å²) in [5.41, 5.74) is 4.60. The molecular weight excluding hydrogens is 306 g/mol. The Morgan fingerprint density at radius 3 is 2.75 bits per heavy atom. The van der Waals surface area contributed by atoms with E-state index in [9.17, 15) is 4.79 Å². The molecule has 0 aliphatic carbocycles. The molecular formula is C17H15N5O2. The Balaban J connectivity index is 1.61. The number of benzene rings is 2. The van der Waals surface area contributed by atoms with Crippen LogP contribution in [0.3, 0.4) is 0 Å². The van der Waals surface area contributed by atoms with Gasteiger partial charge in [-0.3, -0.25) is 9.89 Å². The molecule has 0 amide bonds. The van der Waals surface area contributed by atoms with Crippen LogP contribution in [-0.2, 0) is 11.2 Å². The lowest BCUT2D eigenvalue weighted by Crippen LogP contribution is -2.00. The van der Waals surface area contributed by atoms with Crippen LogP contribution in [0.1, 0.15) is 11.1 Å². The zero-order chi connectivity index (χ0) is 16.7. The minimum absolute atomic E-state index is 0.0141. The van der Waals surface area contributed by atoms with Gasteiger partial charge in [0.15, 0.2) is 0 Å². The van der Waals surface area contributed by atoms with Crippen LogP contribution in [0.4, 0.5) is 11.6 Å². The normalized spacial score (nSPS) is 11.2. The van der Waals surface area contributed by atoms with Gasteiger partial charge in [-0.25, -0.2) is 9.50 Å².